The van der Waals surface area contributed by atoms with Gasteiger partial charge >= 0.3 is 0 Å². The summed E-state index contributed by atoms with van der Waals surface area (Å²) in [5, 5.41) is 3.40. The number of aromatic nitrogens is 2. The number of hydrogen-bond donors (Lipinski definition) is 0. The maximum Gasteiger partial charge on any atom is 0.227 e. The highest BCUT2D eigenvalue weighted by atomic mass is 16.3. The molecule has 5 rings (SSSR count). The Kier molecular flexibility index (Phi) is 14.0. The highest BCUT2D eigenvalue weighted by Crippen LogP contribution is 2.35. The standard InChI is InChI=1S/C22H16N2O.2C3H8.2C2H6/c1-2-17-16-12-13-19-21(20(16)15-10-6-7-11-18(15)23-17)24-22(25-19)14-8-4-3-5-9-14;2*1-3-2;2*1-2/h3-13H,2H2,1H3;2*3H2,1-2H3;2*1-2H3. The average Bonchev–Trinajstić information content (AvgIpc) is 3.36. The zero-order chi connectivity index (χ0) is 26.2. The first kappa shape index (κ1) is 29.8. The minimum absolute atomic E-state index is 0.655. The fourth-order valence-corrected chi connectivity index (χ4v) is 3.47. The number of fused-ring (bicyclic) bond motifs is 5. The van der Waals surface area contributed by atoms with E-state index in [1.54, 1.807) is 0 Å². The van der Waals surface area contributed by atoms with Crippen molar-refractivity contribution in [3.05, 3.63) is 72.4 Å². The summed E-state index contributed by atoms with van der Waals surface area (Å²) in [6.07, 6.45) is 3.39. The topological polar surface area (TPSA) is 38.9 Å². The van der Waals surface area contributed by atoms with Gasteiger partial charge in [0.15, 0.2) is 5.58 Å². The second-order valence-corrected chi connectivity index (χ2v) is 7.56. The summed E-state index contributed by atoms with van der Waals surface area (Å²) in [5.41, 5.74) is 4.80. The van der Waals surface area contributed by atoms with E-state index in [2.05, 4.69) is 52.8 Å². The van der Waals surface area contributed by atoms with Gasteiger partial charge in [-0.3, -0.25) is 4.98 Å². The van der Waals surface area contributed by atoms with Crippen LogP contribution < -0.4 is 0 Å². The summed E-state index contributed by atoms with van der Waals surface area (Å²) in [6.45, 7) is 18.6. The molecule has 0 amide bonds. The molecule has 3 aromatic carbocycles. The van der Waals surface area contributed by atoms with Crippen molar-refractivity contribution in [2.24, 2.45) is 0 Å². The monoisotopic (exact) mass is 472 g/mol. The first-order valence-corrected chi connectivity index (χ1v) is 13.3. The number of oxazole rings is 1. The van der Waals surface area contributed by atoms with Crippen molar-refractivity contribution in [2.75, 3.05) is 0 Å². The third-order valence-electron chi connectivity index (χ3n) is 4.66. The van der Waals surface area contributed by atoms with Crippen LogP contribution in [0.3, 0.4) is 0 Å². The summed E-state index contributed by atoms with van der Waals surface area (Å²) in [4.78, 5) is 9.68. The second kappa shape index (κ2) is 16.4. The number of pyridine rings is 1. The van der Waals surface area contributed by atoms with Crippen LogP contribution in [0.5, 0.6) is 0 Å². The van der Waals surface area contributed by atoms with Gasteiger partial charge in [-0.25, -0.2) is 4.98 Å². The Bertz CT molecular complexity index is 1250. The van der Waals surface area contributed by atoms with Crippen molar-refractivity contribution in [1.82, 2.24) is 9.97 Å². The lowest BCUT2D eigenvalue weighted by Gasteiger charge is -2.08. The minimum Gasteiger partial charge on any atom is -0.436 e. The maximum atomic E-state index is 6.05. The van der Waals surface area contributed by atoms with Gasteiger partial charge < -0.3 is 4.42 Å². The van der Waals surface area contributed by atoms with E-state index in [4.69, 9.17) is 14.4 Å². The number of aryl methyl sites for hydroxylation is 1. The number of para-hydroxylation sites is 1. The van der Waals surface area contributed by atoms with Gasteiger partial charge in [0.1, 0.15) is 5.52 Å². The van der Waals surface area contributed by atoms with Crippen LogP contribution in [0.1, 0.15) is 80.8 Å². The van der Waals surface area contributed by atoms with Crippen LogP contribution in [0.15, 0.2) is 71.1 Å². The number of rotatable bonds is 2. The highest BCUT2D eigenvalue weighted by Gasteiger charge is 2.15. The molecule has 0 N–H and O–H groups in total. The van der Waals surface area contributed by atoms with Gasteiger partial charge in [-0.1, -0.05) is 112 Å². The molecule has 0 fully saturated rings. The summed E-state index contributed by atoms with van der Waals surface area (Å²) in [7, 11) is 0. The molecule has 3 heteroatoms. The van der Waals surface area contributed by atoms with E-state index < -0.39 is 0 Å². The van der Waals surface area contributed by atoms with Gasteiger partial charge in [-0.05, 0) is 36.8 Å². The molecule has 0 aliphatic heterocycles. The van der Waals surface area contributed by atoms with Gasteiger partial charge in [-0.15, -0.1) is 0 Å². The maximum absolute atomic E-state index is 6.05. The van der Waals surface area contributed by atoms with E-state index in [9.17, 15) is 0 Å². The van der Waals surface area contributed by atoms with Gasteiger partial charge in [0.2, 0.25) is 5.89 Å². The minimum atomic E-state index is 0.655. The smallest absolute Gasteiger partial charge is 0.227 e. The Labute approximate surface area is 212 Å². The molecule has 35 heavy (non-hydrogen) atoms. The van der Waals surface area contributed by atoms with Gasteiger partial charge in [-0.2, -0.15) is 0 Å². The Morgan fingerprint density at radius 3 is 1.80 bits per heavy atom. The second-order valence-electron chi connectivity index (χ2n) is 7.56. The van der Waals surface area contributed by atoms with E-state index in [1.165, 1.54) is 12.8 Å². The quantitative estimate of drug-likeness (QED) is 0.240. The first-order valence-electron chi connectivity index (χ1n) is 13.3. The van der Waals surface area contributed by atoms with E-state index in [1.807, 2.05) is 76.2 Å². The van der Waals surface area contributed by atoms with E-state index >= 15 is 0 Å². The summed E-state index contributed by atoms with van der Waals surface area (Å²) >= 11 is 0. The van der Waals surface area contributed by atoms with Gasteiger partial charge in [0.25, 0.3) is 0 Å². The number of nitrogens with zero attached hydrogens (tertiary/aromatic N) is 2. The summed E-state index contributed by atoms with van der Waals surface area (Å²) in [6, 6.07) is 22.4. The average molecular weight is 473 g/mol. The van der Waals surface area contributed by atoms with Crippen molar-refractivity contribution in [2.45, 2.75) is 81.6 Å². The lowest BCUT2D eigenvalue weighted by Crippen LogP contribution is -1.92. The first-order chi connectivity index (χ1) is 17.2. The molecule has 0 aliphatic rings. The molecular formula is C32H44N2O. The molecule has 188 valence electrons. The van der Waals surface area contributed by atoms with Crippen LogP contribution >= 0.6 is 0 Å². The number of hydrogen-bond acceptors (Lipinski definition) is 3. The van der Waals surface area contributed by atoms with Crippen molar-refractivity contribution in [1.29, 1.82) is 0 Å². The predicted octanol–water partition coefficient (Wildman–Crippen LogP) is 10.6. The molecule has 2 heterocycles. The normalized spacial score (nSPS) is 9.63. The Hall–Kier alpha value is -3.20. The summed E-state index contributed by atoms with van der Waals surface area (Å²) in [5.74, 6) is 0.655. The van der Waals surface area contributed by atoms with Crippen LogP contribution in [0, 0.1) is 0 Å². The number of benzene rings is 3. The Balaban J connectivity index is 0.000000540. The predicted molar refractivity (Wildman–Crippen MR) is 156 cm³/mol. The highest BCUT2D eigenvalue weighted by molar-refractivity contribution is 6.18. The van der Waals surface area contributed by atoms with Crippen molar-refractivity contribution in [3.8, 4) is 11.5 Å². The van der Waals surface area contributed by atoms with Gasteiger partial charge in [0.05, 0.1) is 5.52 Å². The van der Waals surface area contributed by atoms with E-state index in [-0.39, 0.29) is 0 Å². The van der Waals surface area contributed by atoms with Crippen molar-refractivity contribution in [3.63, 3.8) is 0 Å². The third kappa shape index (κ3) is 7.39. The largest absolute Gasteiger partial charge is 0.436 e. The molecule has 2 aromatic heterocycles. The van der Waals surface area contributed by atoms with Crippen LogP contribution in [0.2, 0.25) is 0 Å². The lowest BCUT2D eigenvalue weighted by atomic mass is 10.0. The molecule has 0 spiro atoms. The molecular weight excluding hydrogens is 428 g/mol. The Morgan fingerprint density at radius 1 is 0.629 bits per heavy atom. The molecule has 0 radical (unpaired) electrons. The van der Waals surface area contributed by atoms with E-state index in [0.29, 0.717) is 5.89 Å². The molecule has 0 bridgehead atoms. The van der Waals surface area contributed by atoms with Crippen molar-refractivity contribution < 1.29 is 4.42 Å². The van der Waals surface area contributed by atoms with Gasteiger partial charge in [0, 0.05) is 27.4 Å². The fraction of sp³-hybridized carbons (Fsp3) is 0.375. The zero-order valence-corrected chi connectivity index (χ0v) is 23.3. The SMILES string of the molecule is CC.CC.CCC.CCC.CCc1nc2ccccc2c2c1ccc1oc(-c3ccccc3)nc12. The molecule has 0 saturated carbocycles. The zero-order valence-electron chi connectivity index (χ0n) is 23.3. The van der Waals surface area contributed by atoms with Crippen LogP contribution in [0.25, 0.3) is 44.2 Å². The molecule has 0 aliphatic carbocycles. The Morgan fingerprint density at radius 2 is 1.20 bits per heavy atom. The summed E-state index contributed by atoms with van der Waals surface area (Å²) < 4.78 is 6.05. The van der Waals surface area contributed by atoms with Crippen LogP contribution in [-0.2, 0) is 6.42 Å². The third-order valence-corrected chi connectivity index (χ3v) is 4.66. The molecule has 0 atom stereocenters. The van der Waals surface area contributed by atoms with E-state index in [0.717, 1.165) is 50.5 Å². The molecule has 3 nitrogen and oxygen atoms in total. The molecule has 0 unspecified atom stereocenters. The van der Waals surface area contributed by atoms with Crippen LogP contribution in [-0.4, -0.2) is 9.97 Å². The molecule has 0 saturated heterocycles. The fourth-order valence-electron chi connectivity index (χ4n) is 3.47. The van der Waals surface area contributed by atoms with Crippen molar-refractivity contribution >= 4 is 32.8 Å². The van der Waals surface area contributed by atoms with Crippen LogP contribution in [0.4, 0.5) is 0 Å². The molecule has 5 aromatic rings. The lowest BCUT2D eigenvalue weighted by molar-refractivity contribution is 0.620.